The molecule has 2 unspecified atom stereocenters. The molecule has 6 heteroatoms. The van der Waals surface area contributed by atoms with Crippen molar-refractivity contribution < 1.29 is 23.4 Å². The van der Waals surface area contributed by atoms with E-state index in [4.69, 9.17) is 0 Å². The number of nitrogens with one attached hydrogen (secondary N) is 1. The Morgan fingerprint density at radius 1 is 1.21 bits per heavy atom. The summed E-state index contributed by atoms with van der Waals surface area (Å²) in [6.07, 6.45) is -0.0330. The number of ether oxygens (including phenoxy) is 1. The quantitative estimate of drug-likeness (QED) is 0.884. The lowest BCUT2D eigenvalue weighted by molar-refractivity contribution is -0.122. The molecule has 2 aromatic rings. The van der Waals surface area contributed by atoms with Crippen LogP contribution in [0.15, 0.2) is 48.5 Å². The predicted molar refractivity (Wildman–Crippen MR) is 83.8 cm³/mol. The van der Waals surface area contributed by atoms with Gasteiger partial charge in [0, 0.05) is 6.42 Å². The maximum absolute atomic E-state index is 12.2. The maximum Gasteiger partial charge on any atom is 0.387 e. The van der Waals surface area contributed by atoms with E-state index in [9.17, 15) is 18.7 Å². The van der Waals surface area contributed by atoms with Crippen LogP contribution in [0.1, 0.15) is 22.7 Å². The number of aliphatic hydroxyl groups excluding tert-OH is 1. The summed E-state index contributed by atoms with van der Waals surface area (Å²) in [5, 5.41) is 13.0. The van der Waals surface area contributed by atoms with Gasteiger partial charge in [-0.1, -0.05) is 36.4 Å². The number of benzene rings is 2. The molecule has 0 heterocycles. The molecule has 24 heavy (non-hydrogen) atoms. The van der Waals surface area contributed by atoms with Crippen molar-refractivity contribution in [1.82, 2.24) is 5.32 Å². The number of alkyl halides is 2. The summed E-state index contributed by atoms with van der Waals surface area (Å²) in [7, 11) is 0. The van der Waals surface area contributed by atoms with Crippen LogP contribution in [-0.2, 0) is 17.6 Å². The molecule has 0 saturated carbocycles. The Balaban J connectivity index is 1.62. The van der Waals surface area contributed by atoms with Crippen LogP contribution >= 0.6 is 0 Å². The number of hydrogen-bond donors (Lipinski definition) is 2. The van der Waals surface area contributed by atoms with E-state index in [0.29, 0.717) is 12.0 Å². The minimum Gasteiger partial charge on any atom is -0.435 e. The fourth-order valence-electron chi connectivity index (χ4n) is 2.95. The van der Waals surface area contributed by atoms with Gasteiger partial charge < -0.3 is 15.2 Å². The molecule has 0 bridgehead atoms. The molecule has 0 aromatic heterocycles. The van der Waals surface area contributed by atoms with Gasteiger partial charge in [0.1, 0.15) is 5.75 Å². The van der Waals surface area contributed by atoms with E-state index in [1.807, 2.05) is 24.3 Å². The minimum atomic E-state index is -2.87. The van der Waals surface area contributed by atoms with Gasteiger partial charge in [0.25, 0.3) is 0 Å². The van der Waals surface area contributed by atoms with Gasteiger partial charge in [-0.05, 0) is 28.8 Å². The van der Waals surface area contributed by atoms with Crippen LogP contribution < -0.4 is 10.1 Å². The van der Waals surface area contributed by atoms with E-state index in [-0.39, 0.29) is 18.1 Å². The molecule has 2 aromatic carbocycles. The SMILES string of the molecule is O=C(Cc1ccc(OC(F)F)cc1)NC1c2ccccc2CC1O. The summed E-state index contributed by atoms with van der Waals surface area (Å²) in [5.41, 5.74) is 2.64. The van der Waals surface area contributed by atoms with E-state index in [1.54, 1.807) is 12.1 Å². The molecular weight excluding hydrogens is 316 g/mol. The van der Waals surface area contributed by atoms with E-state index >= 15 is 0 Å². The van der Waals surface area contributed by atoms with Crippen LogP contribution in [-0.4, -0.2) is 23.7 Å². The molecule has 0 aliphatic heterocycles. The average molecular weight is 333 g/mol. The second kappa shape index (κ2) is 6.97. The second-order valence-electron chi connectivity index (χ2n) is 5.71. The predicted octanol–water partition coefficient (Wildman–Crippen LogP) is 2.61. The largest absolute Gasteiger partial charge is 0.435 e. The average Bonchev–Trinajstić information content (AvgIpc) is 2.85. The first kappa shape index (κ1) is 16.4. The maximum atomic E-state index is 12.2. The lowest BCUT2D eigenvalue weighted by Gasteiger charge is -2.18. The Hall–Kier alpha value is -2.47. The normalized spacial score (nSPS) is 19.2. The van der Waals surface area contributed by atoms with Crippen molar-refractivity contribution >= 4 is 5.91 Å². The first-order valence-electron chi connectivity index (χ1n) is 7.62. The minimum absolute atomic E-state index is 0.0503. The summed E-state index contributed by atoms with van der Waals surface area (Å²) >= 11 is 0. The number of carbonyl (C=O) groups excluding carboxylic acids is 1. The number of fused-ring (bicyclic) bond motifs is 1. The highest BCUT2D eigenvalue weighted by Crippen LogP contribution is 2.31. The Morgan fingerprint density at radius 3 is 2.62 bits per heavy atom. The fraction of sp³-hybridized carbons (Fsp3) is 0.278. The first-order chi connectivity index (χ1) is 11.5. The summed E-state index contributed by atoms with van der Waals surface area (Å²) in [6.45, 7) is -2.87. The summed E-state index contributed by atoms with van der Waals surface area (Å²) in [5.74, 6) is -0.187. The molecule has 1 aliphatic carbocycles. The van der Waals surface area contributed by atoms with Crippen LogP contribution in [0.25, 0.3) is 0 Å². The number of halogens is 2. The lowest BCUT2D eigenvalue weighted by atomic mass is 10.1. The first-order valence-corrected chi connectivity index (χ1v) is 7.62. The third-order valence-electron chi connectivity index (χ3n) is 4.03. The van der Waals surface area contributed by atoms with Crippen molar-refractivity contribution in [3.8, 4) is 5.75 Å². The zero-order valence-corrected chi connectivity index (χ0v) is 12.8. The zero-order chi connectivity index (χ0) is 17.1. The van der Waals surface area contributed by atoms with Gasteiger partial charge in [0.15, 0.2) is 0 Å². The van der Waals surface area contributed by atoms with Crippen molar-refractivity contribution in [2.24, 2.45) is 0 Å². The zero-order valence-electron chi connectivity index (χ0n) is 12.8. The Morgan fingerprint density at radius 2 is 1.92 bits per heavy atom. The Bertz CT molecular complexity index is 718. The molecule has 126 valence electrons. The van der Waals surface area contributed by atoms with Crippen molar-refractivity contribution in [1.29, 1.82) is 0 Å². The van der Waals surface area contributed by atoms with Gasteiger partial charge in [0.05, 0.1) is 18.6 Å². The van der Waals surface area contributed by atoms with Crippen molar-refractivity contribution in [2.45, 2.75) is 31.6 Å². The van der Waals surface area contributed by atoms with Crippen molar-refractivity contribution in [2.75, 3.05) is 0 Å². The number of hydrogen-bond acceptors (Lipinski definition) is 3. The molecule has 0 fully saturated rings. The van der Waals surface area contributed by atoms with Crippen LogP contribution in [0.4, 0.5) is 8.78 Å². The number of amides is 1. The van der Waals surface area contributed by atoms with Gasteiger partial charge in [0.2, 0.25) is 5.91 Å². The molecule has 0 radical (unpaired) electrons. The van der Waals surface area contributed by atoms with Gasteiger partial charge in [-0.25, -0.2) is 0 Å². The Kier molecular flexibility index (Phi) is 4.76. The highest BCUT2D eigenvalue weighted by molar-refractivity contribution is 5.79. The van der Waals surface area contributed by atoms with E-state index in [0.717, 1.165) is 11.1 Å². The molecule has 4 nitrogen and oxygen atoms in total. The summed E-state index contributed by atoms with van der Waals surface area (Å²) in [4.78, 5) is 12.2. The molecule has 0 saturated heterocycles. The van der Waals surface area contributed by atoms with Gasteiger partial charge >= 0.3 is 6.61 Å². The lowest BCUT2D eigenvalue weighted by Crippen LogP contribution is -2.34. The van der Waals surface area contributed by atoms with Gasteiger partial charge in [-0.3, -0.25) is 4.79 Å². The topological polar surface area (TPSA) is 58.6 Å². The summed E-state index contributed by atoms with van der Waals surface area (Å²) in [6, 6.07) is 13.1. The monoisotopic (exact) mass is 333 g/mol. The van der Waals surface area contributed by atoms with E-state index < -0.39 is 18.8 Å². The fourth-order valence-corrected chi connectivity index (χ4v) is 2.95. The van der Waals surface area contributed by atoms with Gasteiger partial charge in [-0.15, -0.1) is 0 Å². The molecular formula is C18H17F2NO3. The molecule has 2 N–H and O–H groups in total. The molecule has 1 aliphatic rings. The summed E-state index contributed by atoms with van der Waals surface area (Å²) < 4.78 is 28.5. The van der Waals surface area contributed by atoms with E-state index in [1.165, 1.54) is 12.1 Å². The molecule has 1 amide bonds. The van der Waals surface area contributed by atoms with Crippen LogP contribution in [0.2, 0.25) is 0 Å². The molecule has 3 rings (SSSR count). The van der Waals surface area contributed by atoms with Crippen LogP contribution in [0.3, 0.4) is 0 Å². The highest BCUT2D eigenvalue weighted by atomic mass is 19.3. The van der Waals surface area contributed by atoms with Crippen LogP contribution in [0, 0.1) is 0 Å². The van der Waals surface area contributed by atoms with Crippen LogP contribution in [0.5, 0.6) is 5.75 Å². The van der Waals surface area contributed by atoms with Crippen molar-refractivity contribution in [3.05, 3.63) is 65.2 Å². The van der Waals surface area contributed by atoms with Gasteiger partial charge in [-0.2, -0.15) is 8.78 Å². The smallest absolute Gasteiger partial charge is 0.387 e. The Labute approximate surface area is 138 Å². The highest BCUT2D eigenvalue weighted by Gasteiger charge is 2.31. The third kappa shape index (κ3) is 3.71. The standard InChI is InChI=1S/C18H17F2NO3/c19-18(20)24-13-7-5-11(6-8-13)9-16(23)21-17-14-4-2-1-3-12(14)10-15(17)22/h1-8,15,17-18,22H,9-10H2,(H,21,23). The molecule has 0 spiro atoms. The number of rotatable bonds is 5. The third-order valence-corrected chi connectivity index (χ3v) is 4.03. The van der Waals surface area contributed by atoms with E-state index in [2.05, 4.69) is 10.1 Å². The van der Waals surface area contributed by atoms with Crippen molar-refractivity contribution in [3.63, 3.8) is 0 Å². The number of carbonyl (C=O) groups is 1. The number of aliphatic hydroxyl groups is 1. The second-order valence-corrected chi connectivity index (χ2v) is 5.71. The molecule has 2 atom stereocenters.